The van der Waals surface area contributed by atoms with E-state index >= 15 is 0 Å². The molecule has 8 heteroatoms. The summed E-state index contributed by atoms with van der Waals surface area (Å²) < 4.78 is 1.06. The third-order valence-corrected chi connectivity index (χ3v) is 6.14. The summed E-state index contributed by atoms with van der Waals surface area (Å²) in [6.07, 6.45) is 1.73. The first-order valence-corrected chi connectivity index (χ1v) is 10.9. The summed E-state index contributed by atoms with van der Waals surface area (Å²) in [7, 11) is 4.00. The van der Waals surface area contributed by atoms with Gasteiger partial charge in [-0.25, -0.2) is 9.97 Å². The van der Waals surface area contributed by atoms with E-state index in [1.807, 2.05) is 56.6 Å². The first kappa shape index (κ1) is 20.0. The number of carbonyl (C=O) groups excluding carboxylic acids is 1. The number of benzene rings is 1. The van der Waals surface area contributed by atoms with Crippen LogP contribution in [0.2, 0.25) is 0 Å². The molecule has 0 amide bonds. The topological polar surface area (TPSA) is 58.1 Å². The maximum Gasteiger partial charge on any atom is 0.227 e. The molecule has 3 rings (SSSR count). The molecule has 0 aliphatic heterocycles. The van der Waals surface area contributed by atoms with Gasteiger partial charge in [-0.1, -0.05) is 23.9 Å². The Labute approximate surface area is 175 Å². The molecule has 5 nitrogen and oxygen atoms in total. The third kappa shape index (κ3) is 5.87. The van der Waals surface area contributed by atoms with Gasteiger partial charge in [0.25, 0.3) is 0 Å². The Bertz CT molecular complexity index is 929. The highest BCUT2D eigenvalue weighted by molar-refractivity contribution is 9.11. The number of rotatable bonds is 7. The fourth-order valence-corrected chi connectivity index (χ4v) is 4.56. The van der Waals surface area contributed by atoms with Crippen LogP contribution in [0.15, 0.2) is 52.4 Å². The molecule has 1 aromatic carbocycles. The number of aromatic nitrogens is 2. The highest BCUT2D eigenvalue weighted by Crippen LogP contribution is 2.30. The van der Waals surface area contributed by atoms with Gasteiger partial charge in [-0.3, -0.25) is 4.79 Å². The van der Waals surface area contributed by atoms with Crippen LogP contribution in [0.3, 0.4) is 0 Å². The lowest BCUT2D eigenvalue weighted by atomic mass is 10.2. The van der Waals surface area contributed by atoms with Gasteiger partial charge in [0.2, 0.25) is 11.1 Å². The van der Waals surface area contributed by atoms with Crippen LogP contribution in [-0.4, -0.2) is 46.4 Å². The largest absolute Gasteiger partial charge is 0.324 e. The maximum absolute atomic E-state index is 12.4. The molecule has 0 saturated heterocycles. The number of hydrogen-bond acceptors (Lipinski definition) is 7. The number of carbonyl (C=O) groups is 1. The van der Waals surface area contributed by atoms with Crippen LogP contribution in [0.5, 0.6) is 0 Å². The number of thiophene rings is 1. The van der Waals surface area contributed by atoms with Crippen molar-refractivity contribution < 1.29 is 4.79 Å². The zero-order valence-corrected chi connectivity index (χ0v) is 18.2. The van der Waals surface area contributed by atoms with Gasteiger partial charge in [-0.2, -0.15) is 0 Å². The molecule has 0 fully saturated rings. The number of anilines is 2. The quantitative estimate of drug-likeness (QED) is 0.523. The molecule has 2 aromatic heterocycles. The first-order chi connectivity index (χ1) is 13.0. The Kier molecular flexibility index (Phi) is 7.01. The van der Waals surface area contributed by atoms with Crippen LogP contribution in [0.25, 0.3) is 10.6 Å². The molecule has 2 heterocycles. The molecule has 140 valence electrons. The zero-order chi connectivity index (χ0) is 19.2. The lowest BCUT2D eigenvalue weighted by Gasteiger charge is -2.09. The Morgan fingerprint density at radius 3 is 2.85 bits per heavy atom. The van der Waals surface area contributed by atoms with Crippen molar-refractivity contribution in [2.45, 2.75) is 0 Å². The van der Waals surface area contributed by atoms with E-state index in [-0.39, 0.29) is 5.12 Å². The second-order valence-corrected chi connectivity index (χ2v) is 9.54. The highest BCUT2D eigenvalue weighted by atomic mass is 79.9. The molecule has 0 aliphatic carbocycles. The summed E-state index contributed by atoms with van der Waals surface area (Å²) in [6.45, 7) is 0.869. The summed E-state index contributed by atoms with van der Waals surface area (Å²) in [6, 6.07) is 13.3. The van der Waals surface area contributed by atoms with E-state index in [1.165, 1.54) is 11.8 Å². The molecular weight excluding hydrogens is 444 g/mol. The number of nitrogens with one attached hydrogen (secondary N) is 1. The van der Waals surface area contributed by atoms with E-state index in [1.54, 1.807) is 17.5 Å². The average molecular weight is 463 g/mol. The van der Waals surface area contributed by atoms with Crippen LogP contribution in [0, 0.1) is 0 Å². The molecule has 0 spiro atoms. The van der Waals surface area contributed by atoms with Crippen molar-refractivity contribution in [2.24, 2.45) is 0 Å². The Balaban J connectivity index is 1.70. The summed E-state index contributed by atoms with van der Waals surface area (Å²) in [5.41, 5.74) is 2.32. The Morgan fingerprint density at radius 2 is 2.11 bits per heavy atom. The second-order valence-electron chi connectivity index (χ2n) is 6.01. The highest BCUT2D eigenvalue weighted by Gasteiger charge is 2.09. The van der Waals surface area contributed by atoms with Crippen molar-refractivity contribution in [1.82, 2.24) is 14.9 Å². The fourth-order valence-electron chi connectivity index (χ4n) is 2.27. The van der Waals surface area contributed by atoms with E-state index < -0.39 is 0 Å². The maximum atomic E-state index is 12.4. The summed E-state index contributed by atoms with van der Waals surface area (Å²) in [5, 5.41) is 3.26. The van der Waals surface area contributed by atoms with E-state index in [0.29, 0.717) is 11.5 Å². The van der Waals surface area contributed by atoms with E-state index in [9.17, 15) is 4.79 Å². The molecule has 1 N–H and O–H groups in total. The Morgan fingerprint density at radius 1 is 1.26 bits per heavy atom. The van der Waals surface area contributed by atoms with Crippen molar-refractivity contribution in [2.75, 3.05) is 31.7 Å². The van der Waals surface area contributed by atoms with Gasteiger partial charge in [0, 0.05) is 29.7 Å². The predicted molar refractivity (Wildman–Crippen MR) is 118 cm³/mol. The van der Waals surface area contributed by atoms with Gasteiger partial charge in [-0.15, -0.1) is 11.3 Å². The number of halogens is 1. The monoisotopic (exact) mass is 462 g/mol. The van der Waals surface area contributed by atoms with Gasteiger partial charge in [-0.05, 0) is 60.4 Å². The molecule has 0 bridgehead atoms. The van der Waals surface area contributed by atoms with Crippen molar-refractivity contribution in [3.8, 4) is 10.6 Å². The molecule has 0 unspecified atom stereocenters. The van der Waals surface area contributed by atoms with Crippen LogP contribution < -0.4 is 5.32 Å². The molecule has 27 heavy (non-hydrogen) atoms. The third-order valence-electron chi connectivity index (χ3n) is 3.61. The number of hydrogen-bond donors (Lipinski definition) is 1. The molecular formula is C19H19BrN4OS2. The number of thioether (sulfide) groups is 1. The Hall–Kier alpha value is -1.74. The van der Waals surface area contributed by atoms with Crippen LogP contribution >= 0.6 is 39.0 Å². The lowest BCUT2D eigenvalue weighted by molar-refractivity contribution is 0.108. The van der Waals surface area contributed by atoms with Crippen LogP contribution in [0.4, 0.5) is 11.6 Å². The average Bonchev–Trinajstić information content (AvgIpc) is 3.08. The SMILES string of the molecule is CN(C)CCSC(=O)c1cccc(Nc2nccc(-c3ccc(Br)s3)n2)c1. The van der Waals surface area contributed by atoms with Gasteiger partial charge in [0.05, 0.1) is 14.4 Å². The second kappa shape index (κ2) is 9.45. The first-order valence-electron chi connectivity index (χ1n) is 8.29. The van der Waals surface area contributed by atoms with Crippen molar-refractivity contribution in [1.29, 1.82) is 0 Å². The smallest absolute Gasteiger partial charge is 0.227 e. The van der Waals surface area contributed by atoms with Crippen molar-refractivity contribution >= 4 is 55.8 Å². The minimum Gasteiger partial charge on any atom is -0.324 e. The molecule has 0 aliphatic rings. The number of nitrogens with zero attached hydrogens (tertiary/aromatic N) is 3. The summed E-state index contributed by atoms with van der Waals surface area (Å²) in [5.74, 6) is 1.27. The minimum absolute atomic E-state index is 0.0682. The summed E-state index contributed by atoms with van der Waals surface area (Å²) >= 11 is 6.42. The fraction of sp³-hybridized carbons (Fsp3) is 0.211. The normalized spacial score (nSPS) is 11.0. The van der Waals surface area contributed by atoms with E-state index in [0.717, 1.165) is 32.3 Å². The predicted octanol–water partition coefficient (Wildman–Crippen LogP) is 5.15. The minimum atomic E-state index is 0.0682. The van der Waals surface area contributed by atoms with Gasteiger partial charge >= 0.3 is 0 Å². The van der Waals surface area contributed by atoms with Crippen LogP contribution in [0.1, 0.15) is 10.4 Å². The van der Waals surface area contributed by atoms with Crippen molar-refractivity contribution in [3.63, 3.8) is 0 Å². The molecule has 3 aromatic rings. The molecule has 0 saturated carbocycles. The lowest BCUT2D eigenvalue weighted by Crippen LogP contribution is -2.15. The standard InChI is InChI=1S/C19H19BrN4OS2/c1-24(2)10-11-26-18(25)13-4-3-5-14(12-13)22-19-21-9-8-15(23-19)16-6-7-17(20)27-16/h3-9,12H,10-11H2,1-2H3,(H,21,22,23). The van der Waals surface area contributed by atoms with Crippen LogP contribution in [-0.2, 0) is 0 Å². The van der Waals surface area contributed by atoms with Crippen molar-refractivity contribution in [3.05, 3.63) is 58.0 Å². The van der Waals surface area contributed by atoms with Gasteiger partial charge in [0.15, 0.2) is 0 Å². The molecule has 0 atom stereocenters. The van der Waals surface area contributed by atoms with E-state index in [2.05, 4.69) is 36.1 Å². The van der Waals surface area contributed by atoms with Gasteiger partial charge < -0.3 is 10.2 Å². The molecule has 0 radical (unpaired) electrons. The van der Waals surface area contributed by atoms with Gasteiger partial charge in [0.1, 0.15) is 0 Å². The zero-order valence-electron chi connectivity index (χ0n) is 15.0. The summed E-state index contributed by atoms with van der Waals surface area (Å²) in [4.78, 5) is 24.3. The van der Waals surface area contributed by atoms with E-state index in [4.69, 9.17) is 0 Å².